The molecule has 0 aliphatic carbocycles. The van der Waals surface area contributed by atoms with Gasteiger partial charge in [0.15, 0.2) is 0 Å². The first-order valence-corrected chi connectivity index (χ1v) is 7.98. The Morgan fingerprint density at radius 3 is 2.92 bits per heavy atom. The van der Waals surface area contributed by atoms with Crippen LogP contribution in [0.5, 0.6) is 5.75 Å². The zero-order chi connectivity index (χ0) is 18.0. The molecule has 25 heavy (non-hydrogen) atoms. The van der Waals surface area contributed by atoms with Gasteiger partial charge in [-0.3, -0.25) is 9.59 Å². The van der Waals surface area contributed by atoms with Gasteiger partial charge in [0.2, 0.25) is 0 Å². The van der Waals surface area contributed by atoms with Crippen LogP contribution in [0.4, 0.5) is 4.39 Å². The van der Waals surface area contributed by atoms with Crippen LogP contribution in [0.15, 0.2) is 47.4 Å². The number of hydrogen-bond donors (Lipinski definition) is 2. The lowest BCUT2D eigenvalue weighted by Gasteiger charge is -2.42. The molecule has 0 radical (unpaired) electrons. The maximum absolute atomic E-state index is 13.3. The van der Waals surface area contributed by atoms with Crippen molar-refractivity contribution in [1.82, 2.24) is 9.88 Å². The lowest BCUT2D eigenvalue weighted by Crippen LogP contribution is -2.58. The average molecular weight is 346 g/mol. The summed E-state index contributed by atoms with van der Waals surface area (Å²) in [4.78, 5) is 28.3. The van der Waals surface area contributed by atoms with Crippen molar-refractivity contribution in [2.24, 2.45) is 0 Å². The second-order valence-electron chi connectivity index (χ2n) is 6.34. The van der Waals surface area contributed by atoms with E-state index in [4.69, 9.17) is 4.74 Å². The second kappa shape index (κ2) is 6.68. The lowest BCUT2D eigenvalue weighted by molar-refractivity contribution is -0.0882. The van der Waals surface area contributed by atoms with Gasteiger partial charge in [0.25, 0.3) is 11.5 Å². The number of nitrogens with zero attached hydrogens (tertiary/aromatic N) is 1. The van der Waals surface area contributed by atoms with Crippen LogP contribution in [-0.2, 0) is 0 Å². The summed E-state index contributed by atoms with van der Waals surface area (Å²) in [5, 5.41) is 10.6. The molecule has 0 spiro atoms. The molecule has 3 rings (SSSR count). The SMILES string of the molecule is C[C@]1(O)CCN(C(=O)c2ccc[nH]c2=O)C[C@@H]1Oc1cccc(F)c1. The van der Waals surface area contributed by atoms with Crippen molar-refractivity contribution in [3.8, 4) is 5.75 Å². The van der Waals surface area contributed by atoms with E-state index in [2.05, 4.69) is 4.98 Å². The molecule has 1 aromatic heterocycles. The fourth-order valence-electron chi connectivity index (χ4n) is 2.82. The Morgan fingerprint density at radius 1 is 1.40 bits per heavy atom. The molecule has 6 nitrogen and oxygen atoms in total. The number of nitrogens with one attached hydrogen (secondary N) is 1. The van der Waals surface area contributed by atoms with Crippen LogP contribution in [0.3, 0.4) is 0 Å². The van der Waals surface area contributed by atoms with Gasteiger partial charge >= 0.3 is 0 Å². The summed E-state index contributed by atoms with van der Waals surface area (Å²) < 4.78 is 19.1. The molecule has 1 saturated heterocycles. The van der Waals surface area contributed by atoms with Gasteiger partial charge in [0.1, 0.15) is 28.8 Å². The molecule has 2 aromatic rings. The number of aromatic nitrogens is 1. The third kappa shape index (κ3) is 3.71. The van der Waals surface area contributed by atoms with Crippen LogP contribution in [0, 0.1) is 5.82 Å². The van der Waals surface area contributed by atoms with Gasteiger partial charge in [0.05, 0.1) is 6.54 Å². The van der Waals surface area contributed by atoms with Crippen molar-refractivity contribution < 1.29 is 19.0 Å². The number of H-pyrrole nitrogens is 1. The molecular formula is C18H19FN2O4. The first-order valence-electron chi connectivity index (χ1n) is 7.98. The fourth-order valence-corrected chi connectivity index (χ4v) is 2.82. The molecule has 2 heterocycles. The van der Waals surface area contributed by atoms with Gasteiger partial charge in [-0.05, 0) is 37.6 Å². The molecule has 2 atom stereocenters. The normalized spacial score (nSPS) is 23.3. The first kappa shape index (κ1) is 17.2. The van der Waals surface area contributed by atoms with Crippen molar-refractivity contribution in [3.63, 3.8) is 0 Å². The predicted molar refractivity (Wildman–Crippen MR) is 89.0 cm³/mol. The molecule has 1 aliphatic heterocycles. The van der Waals surface area contributed by atoms with Gasteiger partial charge in [-0.1, -0.05) is 6.07 Å². The molecule has 0 unspecified atom stereocenters. The number of aromatic amines is 1. The quantitative estimate of drug-likeness (QED) is 0.884. The van der Waals surface area contributed by atoms with Crippen LogP contribution in [0.1, 0.15) is 23.7 Å². The Hall–Kier alpha value is -2.67. The summed E-state index contributed by atoms with van der Waals surface area (Å²) in [6.45, 7) is 2.01. The van der Waals surface area contributed by atoms with Crippen molar-refractivity contribution in [1.29, 1.82) is 0 Å². The Bertz CT molecular complexity index is 834. The van der Waals surface area contributed by atoms with Crippen LogP contribution < -0.4 is 10.3 Å². The Labute approximate surface area is 143 Å². The monoisotopic (exact) mass is 346 g/mol. The predicted octanol–water partition coefficient (Wildman–Crippen LogP) is 1.56. The third-order valence-electron chi connectivity index (χ3n) is 4.38. The van der Waals surface area contributed by atoms with E-state index in [-0.39, 0.29) is 24.3 Å². The molecular weight excluding hydrogens is 327 g/mol. The maximum Gasteiger partial charge on any atom is 0.260 e. The molecule has 2 N–H and O–H groups in total. The molecule has 1 amide bonds. The van der Waals surface area contributed by atoms with Gasteiger partial charge in [-0.2, -0.15) is 0 Å². The fraction of sp³-hybridized carbons (Fsp3) is 0.333. The van der Waals surface area contributed by atoms with Crippen LogP contribution in [0.25, 0.3) is 0 Å². The highest BCUT2D eigenvalue weighted by Gasteiger charge is 2.41. The second-order valence-corrected chi connectivity index (χ2v) is 6.34. The molecule has 0 saturated carbocycles. The summed E-state index contributed by atoms with van der Waals surface area (Å²) in [5.74, 6) is -0.598. The van der Waals surface area contributed by atoms with Crippen molar-refractivity contribution in [3.05, 3.63) is 64.3 Å². The zero-order valence-electron chi connectivity index (χ0n) is 13.7. The number of halogens is 1. The highest BCUT2D eigenvalue weighted by Crippen LogP contribution is 2.27. The number of amides is 1. The van der Waals surface area contributed by atoms with Crippen molar-refractivity contribution in [2.45, 2.75) is 25.0 Å². The van der Waals surface area contributed by atoms with E-state index in [1.807, 2.05) is 0 Å². The Kier molecular flexibility index (Phi) is 4.59. The number of ether oxygens (including phenoxy) is 1. The number of hydrogen-bond acceptors (Lipinski definition) is 4. The number of carbonyl (C=O) groups is 1. The number of pyridine rings is 1. The van der Waals surface area contributed by atoms with Crippen molar-refractivity contribution >= 4 is 5.91 Å². The molecule has 0 bridgehead atoms. The number of aliphatic hydroxyl groups is 1. The smallest absolute Gasteiger partial charge is 0.260 e. The number of rotatable bonds is 3. The van der Waals surface area contributed by atoms with E-state index in [1.165, 1.54) is 35.4 Å². The van der Waals surface area contributed by atoms with Gasteiger partial charge < -0.3 is 19.7 Å². The third-order valence-corrected chi connectivity index (χ3v) is 4.38. The lowest BCUT2D eigenvalue weighted by atomic mass is 9.90. The Balaban J connectivity index is 1.80. The summed E-state index contributed by atoms with van der Waals surface area (Å²) in [6.07, 6.45) is 0.995. The largest absolute Gasteiger partial charge is 0.485 e. The highest BCUT2D eigenvalue weighted by molar-refractivity contribution is 5.93. The topological polar surface area (TPSA) is 82.6 Å². The highest BCUT2D eigenvalue weighted by atomic mass is 19.1. The molecule has 7 heteroatoms. The number of likely N-dealkylation sites (tertiary alicyclic amines) is 1. The zero-order valence-corrected chi connectivity index (χ0v) is 13.7. The number of carbonyl (C=O) groups excluding carboxylic acids is 1. The van der Waals surface area contributed by atoms with E-state index in [9.17, 15) is 19.1 Å². The van der Waals surface area contributed by atoms with E-state index >= 15 is 0 Å². The minimum absolute atomic E-state index is 0.0357. The maximum atomic E-state index is 13.3. The molecule has 1 aromatic carbocycles. The summed E-state index contributed by atoms with van der Waals surface area (Å²) in [7, 11) is 0. The van der Waals surface area contributed by atoms with Crippen LogP contribution >= 0.6 is 0 Å². The van der Waals surface area contributed by atoms with E-state index in [1.54, 1.807) is 19.1 Å². The van der Waals surface area contributed by atoms with Gasteiger partial charge in [-0.25, -0.2) is 4.39 Å². The van der Waals surface area contributed by atoms with E-state index in [0.717, 1.165) is 0 Å². The van der Waals surface area contributed by atoms with E-state index in [0.29, 0.717) is 6.54 Å². The summed E-state index contributed by atoms with van der Waals surface area (Å²) in [5.41, 5.74) is -1.60. The van der Waals surface area contributed by atoms with Crippen LogP contribution in [-0.4, -0.2) is 45.7 Å². The van der Waals surface area contributed by atoms with Crippen LogP contribution in [0.2, 0.25) is 0 Å². The summed E-state index contributed by atoms with van der Waals surface area (Å²) in [6, 6.07) is 8.64. The minimum atomic E-state index is -1.17. The standard InChI is InChI=1S/C18H19FN2O4/c1-18(24)7-9-21(17(23)14-6-3-8-20-16(14)22)11-15(18)25-13-5-2-4-12(19)10-13/h2-6,8,10,15,24H,7,9,11H2,1H3,(H,20,22)/t15-,18-/m0/s1. The Morgan fingerprint density at radius 2 is 2.20 bits per heavy atom. The summed E-state index contributed by atoms with van der Waals surface area (Å²) >= 11 is 0. The van der Waals surface area contributed by atoms with Gasteiger partial charge in [0, 0.05) is 18.8 Å². The molecule has 132 valence electrons. The van der Waals surface area contributed by atoms with Gasteiger partial charge in [-0.15, -0.1) is 0 Å². The van der Waals surface area contributed by atoms with Crippen molar-refractivity contribution in [2.75, 3.05) is 13.1 Å². The molecule has 1 fully saturated rings. The number of benzene rings is 1. The first-order chi connectivity index (χ1) is 11.9. The van der Waals surface area contributed by atoms with E-state index < -0.39 is 29.0 Å². The number of piperidine rings is 1. The minimum Gasteiger partial charge on any atom is -0.485 e. The molecule has 1 aliphatic rings. The average Bonchev–Trinajstić information content (AvgIpc) is 2.57.